The van der Waals surface area contributed by atoms with Crippen molar-refractivity contribution in [2.45, 2.75) is 48.3 Å². The summed E-state index contributed by atoms with van der Waals surface area (Å²) < 4.78 is 0. The molecule has 0 amide bonds. The van der Waals surface area contributed by atoms with Gasteiger partial charge in [-0.15, -0.1) is 0 Å². The summed E-state index contributed by atoms with van der Waals surface area (Å²) in [4.78, 5) is 0. The van der Waals surface area contributed by atoms with Crippen molar-refractivity contribution >= 4 is 48.6 Å². The minimum atomic E-state index is -0.518. The lowest BCUT2D eigenvalue weighted by Crippen LogP contribution is -2.72. The third-order valence-electron chi connectivity index (χ3n) is 15.4. The van der Waals surface area contributed by atoms with Gasteiger partial charge in [-0.25, -0.2) is 0 Å². The second-order valence-electron chi connectivity index (χ2n) is 19.0. The van der Waals surface area contributed by atoms with Crippen LogP contribution in [-0.2, 0) is 16.2 Å². The summed E-state index contributed by atoms with van der Waals surface area (Å²) in [7, 11) is 0. The third kappa shape index (κ3) is 7.36. The van der Waals surface area contributed by atoms with Crippen LogP contribution < -0.4 is 0 Å². The summed E-state index contributed by atoms with van der Waals surface area (Å²) in [6, 6.07) is 81.3. The van der Waals surface area contributed by atoms with Crippen LogP contribution in [-0.4, -0.2) is 0 Å². The molecule has 0 atom stereocenters. The molecule has 320 valence electrons. The van der Waals surface area contributed by atoms with Crippen LogP contribution in [0.4, 0.5) is 0 Å². The van der Waals surface area contributed by atoms with Crippen LogP contribution in [0, 0.1) is 11.8 Å². The van der Waals surface area contributed by atoms with Gasteiger partial charge >= 0.3 is 0 Å². The predicted octanol–water partition coefficient (Wildman–Crippen LogP) is 16.8. The van der Waals surface area contributed by atoms with Crippen molar-refractivity contribution in [3.63, 3.8) is 0 Å². The first-order valence-electron chi connectivity index (χ1n) is 24.0. The first kappa shape index (κ1) is 41.4. The third-order valence-corrected chi connectivity index (χ3v) is 15.4. The first-order chi connectivity index (χ1) is 32.6. The Bertz CT molecular complexity index is 2840. The molecular formula is C66H56. The fourth-order valence-corrected chi connectivity index (χ4v) is 13.3. The van der Waals surface area contributed by atoms with E-state index >= 15 is 0 Å². The molecular weight excluding hydrogens is 793 g/mol. The minimum absolute atomic E-state index is 0.279. The van der Waals surface area contributed by atoms with Crippen LogP contribution in [0.15, 0.2) is 218 Å². The fraction of sp³-hybridized carbons (Fsp3) is 0.152. The molecule has 0 spiro atoms. The number of benzene rings is 8. The van der Waals surface area contributed by atoms with Crippen LogP contribution >= 0.6 is 0 Å². The average Bonchev–Trinajstić information content (AvgIpc) is 3.38. The van der Waals surface area contributed by atoms with Crippen LogP contribution in [0.5, 0.6) is 0 Å². The Balaban J connectivity index is 1.27. The lowest BCUT2D eigenvalue weighted by atomic mass is 9.28. The Kier molecular flexibility index (Phi) is 11.3. The van der Waals surface area contributed by atoms with Gasteiger partial charge in [0.2, 0.25) is 0 Å². The Morgan fingerprint density at radius 2 is 0.500 bits per heavy atom. The van der Waals surface area contributed by atoms with Crippen molar-refractivity contribution in [1.82, 2.24) is 0 Å². The van der Waals surface area contributed by atoms with Crippen LogP contribution in [0.2, 0.25) is 0 Å². The van der Waals surface area contributed by atoms with Gasteiger partial charge in [0.05, 0.1) is 0 Å². The van der Waals surface area contributed by atoms with Crippen LogP contribution in [0.3, 0.4) is 0 Å². The molecule has 4 aliphatic rings. The van der Waals surface area contributed by atoms with Gasteiger partial charge in [0, 0.05) is 16.2 Å². The summed E-state index contributed by atoms with van der Waals surface area (Å²) in [5, 5.41) is 0. The van der Waals surface area contributed by atoms with E-state index in [1.807, 2.05) is 0 Å². The molecule has 0 aromatic heterocycles. The monoisotopic (exact) mass is 848 g/mol. The van der Waals surface area contributed by atoms with E-state index in [0.29, 0.717) is 11.8 Å². The molecule has 4 fully saturated rings. The smallest absolute Gasteiger partial charge is 0.0408 e. The van der Waals surface area contributed by atoms with E-state index in [2.05, 4.69) is 267 Å². The Hall–Kier alpha value is -7.28. The highest BCUT2D eigenvalue weighted by Crippen LogP contribution is 2.77. The van der Waals surface area contributed by atoms with Crippen molar-refractivity contribution in [3.8, 4) is 0 Å². The van der Waals surface area contributed by atoms with E-state index in [4.69, 9.17) is 0 Å². The molecule has 0 nitrogen and oxygen atoms in total. The molecule has 4 aliphatic carbocycles. The van der Waals surface area contributed by atoms with E-state index in [9.17, 15) is 0 Å². The quantitative estimate of drug-likeness (QED) is 0.107. The van der Waals surface area contributed by atoms with Gasteiger partial charge in [-0.3, -0.25) is 0 Å². The molecule has 0 unspecified atom stereocenters. The molecule has 4 bridgehead atoms. The normalized spacial score (nSPS) is 21.9. The average molecular weight is 849 g/mol. The Labute approximate surface area is 392 Å². The minimum Gasteiger partial charge on any atom is -0.0622 e. The highest BCUT2D eigenvalue weighted by molar-refractivity contribution is 5.81. The topological polar surface area (TPSA) is 0 Å². The molecule has 0 saturated heterocycles. The van der Waals surface area contributed by atoms with E-state index < -0.39 is 5.41 Å². The summed E-state index contributed by atoms with van der Waals surface area (Å²) in [5.41, 5.74) is 14.7. The summed E-state index contributed by atoms with van der Waals surface area (Å²) in [6.07, 6.45) is 24.8. The summed E-state index contributed by atoms with van der Waals surface area (Å²) in [5.74, 6) is 1.14. The lowest BCUT2D eigenvalue weighted by molar-refractivity contribution is -0.0906. The summed E-state index contributed by atoms with van der Waals surface area (Å²) >= 11 is 0. The fourth-order valence-electron chi connectivity index (χ4n) is 13.3. The number of hydrogen-bond donors (Lipinski definition) is 0. The van der Waals surface area contributed by atoms with Crippen molar-refractivity contribution in [2.24, 2.45) is 11.8 Å². The van der Waals surface area contributed by atoms with E-state index in [0.717, 1.165) is 25.7 Å². The zero-order valence-electron chi connectivity index (χ0n) is 37.6. The van der Waals surface area contributed by atoms with Crippen molar-refractivity contribution in [2.75, 3.05) is 0 Å². The number of hydrogen-bond acceptors (Lipinski definition) is 0. The molecule has 0 heteroatoms. The zero-order chi connectivity index (χ0) is 44.2. The number of rotatable bonds is 12. The van der Waals surface area contributed by atoms with Crippen molar-refractivity contribution in [3.05, 3.63) is 285 Å². The second kappa shape index (κ2) is 17.9. The highest BCUT2D eigenvalue weighted by Gasteiger charge is 2.74. The van der Waals surface area contributed by atoms with Gasteiger partial charge in [-0.2, -0.15) is 0 Å². The van der Waals surface area contributed by atoms with Gasteiger partial charge in [0.25, 0.3) is 0 Å². The van der Waals surface area contributed by atoms with Crippen LogP contribution in [0.25, 0.3) is 48.6 Å². The Morgan fingerprint density at radius 1 is 0.258 bits per heavy atom. The van der Waals surface area contributed by atoms with E-state index in [1.54, 1.807) is 0 Å². The molecule has 0 heterocycles. The van der Waals surface area contributed by atoms with Crippen molar-refractivity contribution < 1.29 is 0 Å². The van der Waals surface area contributed by atoms with Gasteiger partial charge in [-0.1, -0.05) is 267 Å². The lowest BCUT2D eigenvalue weighted by Gasteiger charge is -2.74. The SMILES string of the molecule is C(=C\c1ccccc1C12CC3CC(C1)CC(c1ccccc1/C=C/c1ccccc1)(C3)C2(c1ccccc1/C=C/c1ccccc1)c1ccccc1/C=C/c1ccccc1)/c1ccccc1. The zero-order valence-corrected chi connectivity index (χ0v) is 37.6. The van der Waals surface area contributed by atoms with Gasteiger partial charge in [0.1, 0.15) is 0 Å². The molecule has 12 rings (SSSR count). The second-order valence-corrected chi connectivity index (χ2v) is 19.0. The van der Waals surface area contributed by atoms with E-state index in [-0.39, 0.29) is 10.8 Å². The van der Waals surface area contributed by atoms with E-state index in [1.165, 1.54) is 73.2 Å². The first-order valence-corrected chi connectivity index (χ1v) is 24.0. The largest absolute Gasteiger partial charge is 0.0622 e. The molecule has 66 heavy (non-hydrogen) atoms. The maximum atomic E-state index is 2.53. The molecule has 0 radical (unpaired) electrons. The molecule has 4 saturated carbocycles. The Morgan fingerprint density at radius 3 is 0.803 bits per heavy atom. The van der Waals surface area contributed by atoms with Crippen molar-refractivity contribution in [1.29, 1.82) is 0 Å². The highest BCUT2D eigenvalue weighted by atomic mass is 14.8. The maximum absolute atomic E-state index is 2.53. The van der Waals surface area contributed by atoms with Gasteiger partial charge in [-0.05, 0) is 111 Å². The van der Waals surface area contributed by atoms with Gasteiger partial charge in [0.15, 0.2) is 0 Å². The summed E-state index contributed by atoms with van der Waals surface area (Å²) in [6.45, 7) is 0. The molecule has 0 aliphatic heterocycles. The molecule has 0 N–H and O–H groups in total. The maximum Gasteiger partial charge on any atom is 0.0408 e. The van der Waals surface area contributed by atoms with Gasteiger partial charge < -0.3 is 0 Å². The predicted molar refractivity (Wildman–Crippen MR) is 281 cm³/mol. The standard InChI is InChI=1S/C66H56/c1-5-21-50(22-6-1)37-41-56-29-13-17-33-60(56)64-46-54-45-55(47-64)49-65(48-54,61-34-18-14-30-57(61)42-38-51-23-7-2-8-24-51)66(64,62-35-19-15-31-58(62)43-39-52-25-9-3-10-26-52)63-36-20-16-32-59(63)44-40-53-27-11-4-12-28-53/h1-44,54-55H,45-49H2/b41-37+,42-38+,43-39+,44-40+. The molecule has 8 aromatic carbocycles. The molecule has 8 aromatic rings. The van der Waals surface area contributed by atoms with Crippen LogP contribution in [0.1, 0.15) is 98.9 Å².